The average molecular weight is 331 g/mol. The van der Waals surface area contributed by atoms with Gasteiger partial charge in [0, 0.05) is 64.5 Å². The number of hydrogen-bond acceptors (Lipinski definition) is 4. The Hall–Kier alpha value is -1.40. The highest BCUT2D eigenvalue weighted by molar-refractivity contribution is 5.80. The second-order valence-electron chi connectivity index (χ2n) is 7.62. The van der Waals surface area contributed by atoms with Gasteiger partial charge in [0.2, 0.25) is 5.91 Å². The molecule has 0 radical (unpaired) electrons. The van der Waals surface area contributed by atoms with E-state index in [9.17, 15) is 4.79 Å². The molecular weight excluding hydrogens is 302 g/mol. The third kappa shape index (κ3) is 3.09. The molecule has 0 unspecified atom stereocenters. The van der Waals surface area contributed by atoms with Crippen molar-refractivity contribution in [1.29, 1.82) is 0 Å². The molecule has 2 aliphatic heterocycles. The van der Waals surface area contributed by atoms with Crippen molar-refractivity contribution < 1.29 is 4.79 Å². The minimum Gasteiger partial charge on any atom is -0.340 e. The molecule has 3 fully saturated rings. The van der Waals surface area contributed by atoms with Crippen molar-refractivity contribution in [2.24, 2.45) is 13.0 Å². The molecule has 1 N–H and O–H groups in total. The minimum absolute atomic E-state index is 0.0623. The van der Waals surface area contributed by atoms with Gasteiger partial charge in [-0.25, -0.2) is 0 Å². The van der Waals surface area contributed by atoms with E-state index in [0.717, 1.165) is 45.3 Å². The summed E-state index contributed by atoms with van der Waals surface area (Å²) in [5.41, 5.74) is 1.19. The summed E-state index contributed by atoms with van der Waals surface area (Å²) in [7, 11) is 1.94. The molecule has 4 rings (SSSR count). The van der Waals surface area contributed by atoms with Gasteiger partial charge in [0.15, 0.2) is 0 Å². The lowest BCUT2D eigenvalue weighted by atomic mass is 9.89. The van der Waals surface area contributed by atoms with Crippen LogP contribution in [0.15, 0.2) is 12.4 Å². The van der Waals surface area contributed by atoms with Crippen LogP contribution >= 0.6 is 0 Å². The Balaban J connectivity index is 1.37. The third-order valence-corrected chi connectivity index (χ3v) is 6.15. The predicted molar refractivity (Wildman–Crippen MR) is 92.7 cm³/mol. The molecule has 24 heavy (non-hydrogen) atoms. The summed E-state index contributed by atoms with van der Waals surface area (Å²) in [5.74, 6) is 0.659. The van der Waals surface area contributed by atoms with E-state index in [1.165, 1.54) is 31.2 Å². The first-order valence-corrected chi connectivity index (χ1v) is 9.44. The molecule has 6 nitrogen and oxygen atoms in total. The molecule has 132 valence electrons. The van der Waals surface area contributed by atoms with Crippen LogP contribution in [0.4, 0.5) is 0 Å². The smallest absolute Gasteiger partial charge is 0.227 e. The Bertz CT molecular complexity index is 572. The molecule has 3 aliphatic rings. The van der Waals surface area contributed by atoms with Crippen molar-refractivity contribution in [3.05, 3.63) is 18.0 Å². The van der Waals surface area contributed by atoms with Crippen LogP contribution in [0.3, 0.4) is 0 Å². The number of carbonyl (C=O) groups excluding carboxylic acids is 1. The van der Waals surface area contributed by atoms with Crippen LogP contribution < -0.4 is 5.32 Å². The normalized spacial score (nSPS) is 29.5. The summed E-state index contributed by atoms with van der Waals surface area (Å²) >= 11 is 0. The minimum atomic E-state index is 0.0623. The maximum absolute atomic E-state index is 13.1. The van der Waals surface area contributed by atoms with Crippen LogP contribution in [0.1, 0.15) is 37.2 Å². The Kier molecular flexibility index (Phi) is 4.59. The van der Waals surface area contributed by atoms with Gasteiger partial charge >= 0.3 is 0 Å². The van der Waals surface area contributed by atoms with Gasteiger partial charge in [-0.1, -0.05) is 12.8 Å². The van der Waals surface area contributed by atoms with Crippen molar-refractivity contribution in [2.75, 3.05) is 39.3 Å². The van der Waals surface area contributed by atoms with Gasteiger partial charge in [0.05, 0.1) is 12.1 Å². The number of rotatable bonds is 3. The number of aryl methyl sites for hydroxylation is 1. The summed E-state index contributed by atoms with van der Waals surface area (Å²) in [6.07, 6.45) is 9.42. The lowest BCUT2D eigenvalue weighted by Crippen LogP contribution is -2.53. The lowest BCUT2D eigenvalue weighted by molar-refractivity contribution is -0.137. The lowest BCUT2D eigenvalue weighted by Gasteiger charge is -2.39. The van der Waals surface area contributed by atoms with Crippen LogP contribution in [-0.2, 0) is 11.8 Å². The van der Waals surface area contributed by atoms with E-state index in [4.69, 9.17) is 0 Å². The Morgan fingerprint density at radius 1 is 1.17 bits per heavy atom. The van der Waals surface area contributed by atoms with E-state index < -0.39 is 0 Å². The van der Waals surface area contributed by atoms with E-state index in [-0.39, 0.29) is 11.8 Å². The van der Waals surface area contributed by atoms with Gasteiger partial charge in [-0.15, -0.1) is 0 Å². The maximum Gasteiger partial charge on any atom is 0.227 e. The van der Waals surface area contributed by atoms with Crippen molar-refractivity contribution in [3.63, 3.8) is 0 Å². The Morgan fingerprint density at radius 3 is 2.58 bits per heavy atom. The number of nitrogens with one attached hydrogen (secondary N) is 1. The van der Waals surface area contributed by atoms with Crippen molar-refractivity contribution in [1.82, 2.24) is 24.9 Å². The molecule has 1 saturated carbocycles. The van der Waals surface area contributed by atoms with Gasteiger partial charge in [-0.3, -0.25) is 14.4 Å². The SMILES string of the molecule is Cn1cc([C@H]2CNC[C@@H]2C(=O)N2CCN(C3CCCC3)CC2)cn1. The van der Waals surface area contributed by atoms with Crippen LogP contribution in [-0.4, -0.2) is 70.8 Å². The molecule has 0 spiro atoms. The molecule has 2 atom stereocenters. The predicted octanol–water partition coefficient (Wildman–Crippen LogP) is 0.810. The standard InChI is InChI=1S/C18H29N5O/c1-21-13-14(10-20-21)16-11-19-12-17(16)18(24)23-8-6-22(7-9-23)15-4-2-3-5-15/h10,13,15-17,19H,2-9,11-12H2,1H3/t16-,17+/m1/s1. The number of carbonyl (C=O) groups is 1. The topological polar surface area (TPSA) is 53.4 Å². The zero-order chi connectivity index (χ0) is 16.5. The summed E-state index contributed by atoms with van der Waals surface area (Å²) in [4.78, 5) is 17.8. The third-order valence-electron chi connectivity index (χ3n) is 6.15. The fourth-order valence-corrected chi connectivity index (χ4v) is 4.73. The number of amides is 1. The number of hydrogen-bond donors (Lipinski definition) is 1. The number of nitrogens with zero attached hydrogens (tertiary/aromatic N) is 4. The van der Waals surface area contributed by atoms with Crippen molar-refractivity contribution in [2.45, 2.75) is 37.6 Å². The highest BCUT2D eigenvalue weighted by Crippen LogP contribution is 2.30. The largest absolute Gasteiger partial charge is 0.340 e. The average Bonchev–Trinajstić information content (AvgIpc) is 3.35. The van der Waals surface area contributed by atoms with Crippen LogP contribution in [0.2, 0.25) is 0 Å². The molecule has 0 bridgehead atoms. The van der Waals surface area contributed by atoms with E-state index in [2.05, 4.69) is 26.4 Å². The maximum atomic E-state index is 13.1. The molecule has 1 amide bonds. The quantitative estimate of drug-likeness (QED) is 0.891. The fourth-order valence-electron chi connectivity index (χ4n) is 4.73. The highest BCUT2D eigenvalue weighted by Gasteiger charge is 2.38. The molecule has 1 aromatic heterocycles. The monoisotopic (exact) mass is 331 g/mol. The van der Waals surface area contributed by atoms with E-state index >= 15 is 0 Å². The first-order chi connectivity index (χ1) is 11.7. The second kappa shape index (κ2) is 6.84. The molecular formula is C18H29N5O. The molecule has 1 aliphatic carbocycles. The van der Waals surface area contributed by atoms with E-state index in [1.54, 1.807) is 0 Å². The molecule has 0 aromatic carbocycles. The summed E-state index contributed by atoms with van der Waals surface area (Å²) in [5, 5.41) is 7.69. The van der Waals surface area contributed by atoms with Crippen LogP contribution in [0, 0.1) is 5.92 Å². The molecule has 3 heterocycles. The Labute approximate surface area is 144 Å². The van der Waals surface area contributed by atoms with Gasteiger partial charge in [-0.05, 0) is 18.4 Å². The molecule has 6 heteroatoms. The zero-order valence-corrected chi connectivity index (χ0v) is 14.7. The molecule has 1 aromatic rings. The van der Waals surface area contributed by atoms with Crippen LogP contribution in [0.5, 0.6) is 0 Å². The van der Waals surface area contributed by atoms with Crippen molar-refractivity contribution in [3.8, 4) is 0 Å². The second-order valence-corrected chi connectivity index (χ2v) is 7.62. The zero-order valence-electron chi connectivity index (χ0n) is 14.7. The molecule has 2 saturated heterocycles. The summed E-state index contributed by atoms with van der Waals surface area (Å²) in [6, 6.07) is 0.776. The van der Waals surface area contributed by atoms with Gasteiger partial charge in [0.1, 0.15) is 0 Å². The highest BCUT2D eigenvalue weighted by atomic mass is 16.2. The summed E-state index contributed by atoms with van der Waals surface area (Å²) in [6.45, 7) is 5.56. The number of piperazine rings is 1. The fraction of sp³-hybridized carbons (Fsp3) is 0.778. The summed E-state index contributed by atoms with van der Waals surface area (Å²) < 4.78 is 1.83. The first-order valence-electron chi connectivity index (χ1n) is 9.44. The van der Waals surface area contributed by atoms with Crippen LogP contribution in [0.25, 0.3) is 0 Å². The van der Waals surface area contributed by atoms with Crippen molar-refractivity contribution >= 4 is 5.91 Å². The van der Waals surface area contributed by atoms with E-state index in [1.807, 2.05) is 17.9 Å². The van der Waals surface area contributed by atoms with Gasteiger partial charge in [0.25, 0.3) is 0 Å². The van der Waals surface area contributed by atoms with E-state index in [0.29, 0.717) is 5.91 Å². The van der Waals surface area contributed by atoms with Gasteiger partial charge in [-0.2, -0.15) is 5.10 Å². The Morgan fingerprint density at radius 2 is 1.92 bits per heavy atom. The first kappa shape index (κ1) is 16.1. The number of aromatic nitrogens is 2. The van der Waals surface area contributed by atoms with Gasteiger partial charge < -0.3 is 10.2 Å².